The lowest BCUT2D eigenvalue weighted by molar-refractivity contribution is -0.122. The van der Waals surface area contributed by atoms with Crippen molar-refractivity contribution in [2.45, 2.75) is 84.0 Å². The number of hydrogen-bond acceptors (Lipinski definition) is 8. The first-order valence-corrected chi connectivity index (χ1v) is 16.3. The first-order valence-electron chi connectivity index (χ1n) is 14.8. The van der Waals surface area contributed by atoms with Gasteiger partial charge >= 0.3 is 6.09 Å². The Bertz CT molecular complexity index is 1480. The van der Waals surface area contributed by atoms with Gasteiger partial charge < -0.3 is 31.2 Å². The number of benzene rings is 2. The number of ether oxygens (including phenoxy) is 2. The molecule has 3 rings (SSSR count). The number of carbonyl (C=O) groups excluding carboxylic acids is 2. The van der Waals surface area contributed by atoms with Gasteiger partial charge in [-0.05, 0) is 76.6 Å². The molecule has 0 saturated heterocycles. The minimum Gasteiger partial charge on any atom is -0.487 e. The number of sulfonamides is 1. The lowest BCUT2D eigenvalue weighted by Crippen LogP contribution is -2.44. The first kappa shape index (κ1) is 34.6. The summed E-state index contributed by atoms with van der Waals surface area (Å²) in [5.74, 6) is 0.145. The van der Waals surface area contributed by atoms with Gasteiger partial charge in [-0.2, -0.15) is 0 Å². The predicted octanol–water partition coefficient (Wildman–Crippen LogP) is 2.80. The maximum atomic E-state index is 13.3. The van der Waals surface area contributed by atoms with E-state index in [1.165, 1.54) is 4.90 Å². The molecule has 2 aromatic rings. The Kier molecular flexibility index (Phi) is 11.6. The van der Waals surface area contributed by atoms with Gasteiger partial charge in [-0.1, -0.05) is 30.3 Å². The SMILES string of the molecule is CCN(CCNC(=O)C(N)CCCN=C(N)NS(=O)(=O)c1c(C)c(C)c2c(c1C)CC(C)(C)O2)C(=O)OCc1ccccc1. The van der Waals surface area contributed by atoms with Crippen LogP contribution in [0.15, 0.2) is 40.2 Å². The molecule has 1 unspecified atom stereocenters. The van der Waals surface area contributed by atoms with Gasteiger partial charge in [-0.3, -0.25) is 9.79 Å². The van der Waals surface area contributed by atoms with E-state index in [0.29, 0.717) is 36.9 Å². The van der Waals surface area contributed by atoms with Crippen LogP contribution in [0.3, 0.4) is 0 Å². The van der Waals surface area contributed by atoms with Crippen LogP contribution in [0.2, 0.25) is 0 Å². The molecule has 242 valence electrons. The second-order valence-electron chi connectivity index (χ2n) is 11.6. The van der Waals surface area contributed by atoms with Crippen LogP contribution in [-0.2, 0) is 32.6 Å². The third-order valence-electron chi connectivity index (χ3n) is 7.62. The molecule has 2 aromatic carbocycles. The smallest absolute Gasteiger partial charge is 0.410 e. The molecule has 0 spiro atoms. The summed E-state index contributed by atoms with van der Waals surface area (Å²) < 4.78 is 40.5. The zero-order chi connectivity index (χ0) is 32.7. The van der Waals surface area contributed by atoms with Crippen LogP contribution >= 0.6 is 0 Å². The minimum absolute atomic E-state index is 0.169. The Morgan fingerprint density at radius 3 is 2.48 bits per heavy atom. The summed E-state index contributed by atoms with van der Waals surface area (Å²) in [6, 6.07) is 8.58. The Morgan fingerprint density at radius 1 is 1.14 bits per heavy atom. The van der Waals surface area contributed by atoms with E-state index in [4.69, 9.17) is 20.9 Å². The van der Waals surface area contributed by atoms with E-state index in [0.717, 1.165) is 22.4 Å². The van der Waals surface area contributed by atoms with Crippen molar-refractivity contribution in [2.24, 2.45) is 16.5 Å². The number of likely N-dealkylation sites (N-methyl/N-ethyl adjacent to an activating group) is 1. The molecule has 6 N–H and O–H groups in total. The zero-order valence-corrected chi connectivity index (χ0v) is 27.3. The van der Waals surface area contributed by atoms with Gasteiger partial charge in [0.1, 0.15) is 18.0 Å². The Morgan fingerprint density at radius 2 is 1.82 bits per heavy atom. The molecule has 0 aliphatic carbocycles. The molecular formula is C31H46N6O6S. The maximum absolute atomic E-state index is 13.3. The van der Waals surface area contributed by atoms with Gasteiger partial charge in [-0.25, -0.2) is 17.9 Å². The van der Waals surface area contributed by atoms with E-state index >= 15 is 0 Å². The van der Waals surface area contributed by atoms with Gasteiger partial charge in [0, 0.05) is 38.2 Å². The highest BCUT2D eigenvalue weighted by molar-refractivity contribution is 7.90. The van der Waals surface area contributed by atoms with Crippen LogP contribution in [0.4, 0.5) is 4.79 Å². The summed E-state index contributed by atoms with van der Waals surface area (Å²) in [6.07, 6.45) is 0.861. The van der Waals surface area contributed by atoms with E-state index in [-0.39, 0.29) is 43.0 Å². The highest BCUT2D eigenvalue weighted by atomic mass is 32.2. The van der Waals surface area contributed by atoms with Crippen molar-refractivity contribution in [3.63, 3.8) is 0 Å². The molecule has 1 aliphatic heterocycles. The Balaban J connectivity index is 1.44. The van der Waals surface area contributed by atoms with E-state index in [1.807, 2.05) is 58.0 Å². The van der Waals surface area contributed by atoms with Crippen LogP contribution in [0, 0.1) is 20.8 Å². The number of nitrogens with zero attached hydrogens (tertiary/aromatic N) is 2. The van der Waals surface area contributed by atoms with E-state index in [1.54, 1.807) is 13.8 Å². The molecule has 13 heteroatoms. The van der Waals surface area contributed by atoms with E-state index in [9.17, 15) is 18.0 Å². The monoisotopic (exact) mass is 630 g/mol. The summed E-state index contributed by atoms with van der Waals surface area (Å²) in [7, 11) is -4.00. The third kappa shape index (κ3) is 8.85. The Hall–Kier alpha value is -3.84. The number of nitrogens with two attached hydrogens (primary N) is 2. The molecule has 0 saturated carbocycles. The standard InChI is InChI=1S/C31H46N6O6S/c1-7-37(30(39)42-19-23-12-9-8-10-13-23)17-16-34-28(38)25(32)14-11-15-35-29(33)36-44(40,41)27-21(3)20(2)26-24(22(27)4)18-31(5,6)43-26/h8-10,12-13,25H,7,11,14-19,32H2,1-6H3,(H,34,38)(H3,33,35,36). The molecule has 1 atom stereocenters. The number of nitrogens with one attached hydrogen (secondary N) is 2. The number of amides is 2. The number of rotatable bonds is 13. The molecule has 44 heavy (non-hydrogen) atoms. The summed E-state index contributed by atoms with van der Waals surface area (Å²) >= 11 is 0. The van der Waals surface area contributed by atoms with Crippen LogP contribution in [0.1, 0.15) is 61.4 Å². The van der Waals surface area contributed by atoms with Crippen molar-refractivity contribution >= 4 is 28.0 Å². The van der Waals surface area contributed by atoms with E-state index in [2.05, 4.69) is 15.0 Å². The molecule has 0 aromatic heterocycles. The lowest BCUT2D eigenvalue weighted by atomic mass is 9.94. The highest BCUT2D eigenvalue weighted by Crippen LogP contribution is 2.43. The third-order valence-corrected chi connectivity index (χ3v) is 9.25. The molecule has 12 nitrogen and oxygen atoms in total. The van der Waals surface area contributed by atoms with E-state index < -0.39 is 27.8 Å². The summed E-state index contributed by atoms with van der Waals surface area (Å²) in [6.45, 7) is 12.4. The van der Waals surface area contributed by atoms with Gasteiger partial charge in [0.15, 0.2) is 0 Å². The van der Waals surface area contributed by atoms with Crippen molar-refractivity contribution in [1.82, 2.24) is 14.9 Å². The quantitative estimate of drug-likeness (QED) is 0.148. The predicted molar refractivity (Wildman–Crippen MR) is 170 cm³/mol. The van der Waals surface area contributed by atoms with Crippen LogP contribution in [0.25, 0.3) is 0 Å². The van der Waals surface area contributed by atoms with Crippen LogP contribution in [-0.4, -0.2) is 69.1 Å². The molecule has 2 amide bonds. The molecular weight excluding hydrogens is 584 g/mol. The lowest BCUT2D eigenvalue weighted by Gasteiger charge is -2.21. The Labute approximate surface area is 260 Å². The number of guanidine groups is 1. The number of carbonyl (C=O) groups is 2. The summed E-state index contributed by atoms with van der Waals surface area (Å²) in [4.78, 5) is 30.6. The second-order valence-corrected chi connectivity index (χ2v) is 13.2. The van der Waals surface area contributed by atoms with Crippen molar-refractivity contribution in [2.75, 3.05) is 26.2 Å². The maximum Gasteiger partial charge on any atom is 0.410 e. The van der Waals surface area contributed by atoms with Gasteiger partial charge in [0.05, 0.1) is 10.9 Å². The number of hydrogen-bond donors (Lipinski definition) is 4. The molecule has 0 radical (unpaired) electrons. The summed E-state index contributed by atoms with van der Waals surface area (Å²) in [5, 5.41) is 2.74. The van der Waals surface area contributed by atoms with Crippen molar-refractivity contribution in [3.8, 4) is 5.75 Å². The molecule has 0 fully saturated rings. The van der Waals surface area contributed by atoms with Crippen molar-refractivity contribution < 1.29 is 27.5 Å². The van der Waals surface area contributed by atoms with Gasteiger partial charge in [-0.15, -0.1) is 0 Å². The average Bonchev–Trinajstić information content (AvgIpc) is 3.30. The minimum atomic E-state index is -4.00. The largest absolute Gasteiger partial charge is 0.487 e. The molecule has 1 aliphatic rings. The topological polar surface area (TPSA) is 178 Å². The molecule has 0 bridgehead atoms. The fourth-order valence-electron chi connectivity index (χ4n) is 5.14. The average molecular weight is 631 g/mol. The fraction of sp³-hybridized carbons (Fsp3) is 0.516. The summed E-state index contributed by atoms with van der Waals surface area (Å²) in [5.41, 5.74) is 15.3. The number of aliphatic imine (C=N–C) groups is 1. The highest BCUT2D eigenvalue weighted by Gasteiger charge is 2.36. The van der Waals surface area contributed by atoms with Crippen molar-refractivity contribution in [3.05, 3.63) is 58.1 Å². The van der Waals surface area contributed by atoms with Crippen LogP contribution in [0.5, 0.6) is 5.75 Å². The second kappa shape index (κ2) is 14.8. The number of fused-ring (bicyclic) bond motifs is 1. The first-order chi connectivity index (χ1) is 20.7. The van der Waals surface area contributed by atoms with Crippen molar-refractivity contribution in [1.29, 1.82) is 0 Å². The normalized spacial score (nSPS) is 14.8. The van der Waals surface area contributed by atoms with Gasteiger partial charge in [0.2, 0.25) is 11.9 Å². The van der Waals surface area contributed by atoms with Crippen LogP contribution < -0.4 is 26.2 Å². The fourth-order valence-corrected chi connectivity index (χ4v) is 6.67. The zero-order valence-electron chi connectivity index (χ0n) is 26.5. The van der Waals surface area contributed by atoms with Gasteiger partial charge in [0.25, 0.3) is 10.0 Å². The molecule has 1 heterocycles.